The summed E-state index contributed by atoms with van der Waals surface area (Å²) in [4.78, 5) is 0. The number of fused-ring (bicyclic) bond motifs is 2. The summed E-state index contributed by atoms with van der Waals surface area (Å²) in [5, 5.41) is 25.5. The molecule has 0 spiro atoms. The number of rotatable bonds is 0. The van der Waals surface area contributed by atoms with Crippen LogP contribution in [0.3, 0.4) is 0 Å². The molecule has 0 amide bonds. The highest BCUT2D eigenvalue weighted by atomic mass is 15.4. The smallest absolute Gasteiger partial charge is 0.177 e. The minimum Gasteiger partial charge on any atom is -0.177 e. The van der Waals surface area contributed by atoms with Gasteiger partial charge in [0.15, 0.2) is 0 Å². The molecule has 1 N–H and O–H groups in total. The Bertz CT molecular complexity index is 850. The van der Waals surface area contributed by atoms with Crippen molar-refractivity contribution in [2.75, 3.05) is 0 Å². The van der Waals surface area contributed by atoms with Gasteiger partial charge in [-0.3, -0.25) is 0 Å². The van der Waals surface area contributed by atoms with Gasteiger partial charge in [0.1, 0.15) is 11.0 Å². The number of H-pyrrole nitrogens is 1. The molecule has 80 valence electrons. The molecular formula is C11H6N6. The molecule has 0 aliphatic heterocycles. The zero-order valence-corrected chi connectivity index (χ0v) is 8.62. The lowest BCUT2D eigenvalue weighted by Crippen LogP contribution is -1.80. The van der Waals surface area contributed by atoms with Gasteiger partial charge in [0, 0.05) is 5.39 Å². The molecule has 0 radical (unpaired) electrons. The topological polar surface area (TPSA) is 80.2 Å². The molecule has 6 heteroatoms. The van der Waals surface area contributed by atoms with Gasteiger partial charge in [0.25, 0.3) is 0 Å². The van der Waals surface area contributed by atoms with E-state index in [4.69, 9.17) is 0 Å². The number of aromatic nitrogens is 6. The van der Waals surface area contributed by atoms with Crippen LogP contribution in [-0.4, -0.2) is 30.8 Å². The zero-order valence-electron chi connectivity index (χ0n) is 8.62. The van der Waals surface area contributed by atoms with Crippen LogP contribution in [0.15, 0.2) is 30.3 Å². The van der Waals surface area contributed by atoms with E-state index in [0.29, 0.717) is 5.65 Å². The molecule has 0 aliphatic rings. The Morgan fingerprint density at radius 3 is 2.94 bits per heavy atom. The number of aromatic amines is 1. The first kappa shape index (κ1) is 8.51. The largest absolute Gasteiger partial charge is 0.207 e. The average Bonchev–Trinajstić information content (AvgIpc) is 2.87. The summed E-state index contributed by atoms with van der Waals surface area (Å²) in [6, 6.07) is 9.95. The Kier molecular flexibility index (Phi) is 1.47. The summed E-state index contributed by atoms with van der Waals surface area (Å²) in [6.07, 6.45) is 0. The fourth-order valence-electron chi connectivity index (χ4n) is 2.08. The van der Waals surface area contributed by atoms with Gasteiger partial charge in [0.2, 0.25) is 5.65 Å². The van der Waals surface area contributed by atoms with Gasteiger partial charge < -0.3 is 0 Å². The van der Waals surface area contributed by atoms with E-state index in [-0.39, 0.29) is 0 Å². The van der Waals surface area contributed by atoms with Crippen molar-refractivity contribution in [3.8, 4) is 0 Å². The van der Waals surface area contributed by atoms with Crippen LogP contribution in [0, 0.1) is 0 Å². The van der Waals surface area contributed by atoms with Crippen molar-refractivity contribution in [2.45, 2.75) is 0 Å². The number of hydrogen-bond donors (Lipinski definition) is 1. The van der Waals surface area contributed by atoms with E-state index < -0.39 is 0 Å². The van der Waals surface area contributed by atoms with Crippen LogP contribution in [0.4, 0.5) is 0 Å². The molecule has 0 saturated carbocycles. The predicted octanol–water partition coefficient (Wildman–Crippen LogP) is 1.45. The van der Waals surface area contributed by atoms with E-state index in [9.17, 15) is 0 Å². The van der Waals surface area contributed by atoms with Gasteiger partial charge in [-0.15, -0.1) is 20.4 Å². The molecule has 4 aromatic rings. The molecule has 17 heavy (non-hydrogen) atoms. The standard InChI is InChI=1S/C11H6N6/c1-2-6-4-5-8-9-10(7(6)3-1)13-14-11(9)15-17-16-12-8/h1-5H,(H,12,17). The second-order valence-electron chi connectivity index (χ2n) is 3.77. The predicted molar refractivity (Wildman–Crippen MR) is 62.3 cm³/mol. The monoisotopic (exact) mass is 222 g/mol. The van der Waals surface area contributed by atoms with Crippen molar-refractivity contribution in [1.29, 1.82) is 0 Å². The maximum absolute atomic E-state index is 4.19. The summed E-state index contributed by atoms with van der Waals surface area (Å²) < 4.78 is 0. The molecule has 0 fully saturated rings. The summed E-state index contributed by atoms with van der Waals surface area (Å²) in [7, 11) is 0. The molecule has 0 atom stereocenters. The third kappa shape index (κ3) is 1.06. The Hall–Kier alpha value is -2.63. The summed E-state index contributed by atoms with van der Waals surface area (Å²) in [6.45, 7) is 0. The van der Waals surface area contributed by atoms with E-state index in [1.54, 1.807) is 0 Å². The van der Waals surface area contributed by atoms with Crippen LogP contribution in [0.2, 0.25) is 0 Å². The second kappa shape index (κ2) is 2.94. The SMILES string of the molecule is c1cc2ccc3nn[nH]nc4nnc(c2c1)c34. The molecule has 2 aromatic heterocycles. The number of hydrogen-bond acceptors (Lipinski definition) is 5. The van der Waals surface area contributed by atoms with E-state index in [2.05, 4.69) is 30.8 Å². The van der Waals surface area contributed by atoms with Crippen LogP contribution in [0.1, 0.15) is 0 Å². The van der Waals surface area contributed by atoms with E-state index in [1.165, 1.54) is 0 Å². The van der Waals surface area contributed by atoms with Gasteiger partial charge in [-0.2, -0.15) is 5.21 Å². The van der Waals surface area contributed by atoms with Crippen molar-refractivity contribution in [2.24, 2.45) is 0 Å². The third-order valence-corrected chi connectivity index (χ3v) is 2.85. The highest BCUT2D eigenvalue weighted by molar-refractivity contribution is 6.14. The van der Waals surface area contributed by atoms with Gasteiger partial charge >= 0.3 is 0 Å². The lowest BCUT2D eigenvalue weighted by molar-refractivity contribution is 0.813. The minimum atomic E-state index is 0.527. The van der Waals surface area contributed by atoms with E-state index in [1.807, 2.05) is 30.3 Å². The fraction of sp³-hybridized carbons (Fsp3) is 0. The van der Waals surface area contributed by atoms with Crippen molar-refractivity contribution in [3.05, 3.63) is 30.3 Å². The molecule has 0 bridgehead atoms. The average molecular weight is 222 g/mol. The van der Waals surface area contributed by atoms with Crippen molar-refractivity contribution >= 4 is 32.8 Å². The van der Waals surface area contributed by atoms with Crippen molar-refractivity contribution < 1.29 is 0 Å². The van der Waals surface area contributed by atoms with Gasteiger partial charge in [-0.25, -0.2) is 0 Å². The molecule has 2 heterocycles. The van der Waals surface area contributed by atoms with Crippen LogP contribution in [0.25, 0.3) is 32.8 Å². The quantitative estimate of drug-likeness (QED) is 0.487. The Morgan fingerprint density at radius 2 is 1.94 bits per heavy atom. The molecule has 0 saturated heterocycles. The first-order valence-electron chi connectivity index (χ1n) is 5.15. The minimum absolute atomic E-state index is 0.527. The van der Waals surface area contributed by atoms with Crippen molar-refractivity contribution in [1.82, 2.24) is 30.8 Å². The Balaban J connectivity index is 2.48. The normalized spacial score (nSPS) is 11.5. The summed E-state index contributed by atoms with van der Waals surface area (Å²) in [5.41, 5.74) is 2.06. The molecule has 2 aromatic carbocycles. The summed E-state index contributed by atoms with van der Waals surface area (Å²) in [5.74, 6) is 0. The van der Waals surface area contributed by atoms with Crippen molar-refractivity contribution in [3.63, 3.8) is 0 Å². The fourth-order valence-corrected chi connectivity index (χ4v) is 2.08. The highest BCUT2D eigenvalue weighted by Gasteiger charge is 2.10. The van der Waals surface area contributed by atoms with Gasteiger partial charge in [-0.05, 0) is 11.5 Å². The van der Waals surface area contributed by atoms with Crippen LogP contribution < -0.4 is 0 Å². The lowest BCUT2D eigenvalue weighted by atomic mass is 10.2. The highest BCUT2D eigenvalue weighted by Crippen LogP contribution is 2.26. The first-order chi connectivity index (χ1) is 8.43. The Morgan fingerprint density at radius 1 is 0.941 bits per heavy atom. The number of nitrogens with zero attached hydrogens (tertiary/aromatic N) is 5. The molecule has 4 rings (SSSR count). The van der Waals surface area contributed by atoms with E-state index >= 15 is 0 Å². The molecule has 6 nitrogen and oxygen atoms in total. The van der Waals surface area contributed by atoms with Crippen LogP contribution in [-0.2, 0) is 0 Å². The molecule has 0 unspecified atom stereocenters. The number of nitrogens with one attached hydrogen (secondary N) is 1. The lowest BCUT2D eigenvalue weighted by Gasteiger charge is -1.81. The van der Waals surface area contributed by atoms with Gasteiger partial charge in [-0.1, -0.05) is 29.5 Å². The van der Waals surface area contributed by atoms with Gasteiger partial charge in [0.05, 0.1) is 5.39 Å². The van der Waals surface area contributed by atoms with Crippen LogP contribution in [0.5, 0.6) is 0 Å². The van der Waals surface area contributed by atoms with Crippen LogP contribution >= 0.6 is 0 Å². The second-order valence-corrected chi connectivity index (χ2v) is 3.77. The zero-order chi connectivity index (χ0) is 11.2. The third-order valence-electron chi connectivity index (χ3n) is 2.85. The first-order valence-corrected chi connectivity index (χ1v) is 5.15. The Labute approximate surface area is 94.7 Å². The maximum atomic E-state index is 4.19. The maximum Gasteiger partial charge on any atom is 0.207 e. The molecular weight excluding hydrogens is 216 g/mol. The van der Waals surface area contributed by atoms with E-state index in [0.717, 1.165) is 27.2 Å². The summed E-state index contributed by atoms with van der Waals surface area (Å²) >= 11 is 0. The molecule has 0 aliphatic carbocycles.